The Balaban J connectivity index is 1.36. The number of hydrogen-bond acceptors (Lipinski definition) is 5. The number of rotatable bonds is 5. The molecule has 2 aliphatic heterocycles. The first-order valence-electron chi connectivity index (χ1n) is 11.2. The van der Waals surface area contributed by atoms with Crippen LogP contribution in [0.15, 0.2) is 53.6 Å². The van der Waals surface area contributed by atoms with Gasteiger partial charge in [0, 0.05) is 47.8 Å². The summed E-state index contributed by atoms with van der Waals surface area (Å²) in [5.74, 6) is -0.350. The van der Waals surface area contributed by atoms with Gasteiger partial charge in [-0.1, -0.05) is 23.7 Å². The summed E-state index contributed by atoms with van der Waals surface area (Å²) in [6, 6.07) is 10.9. The molecule has 0 spiro atoms. The standard InChI is InChI=1S/C25H21ClF3N3O3S/c26-18-3-2-17(20(11-18)25(27,28)29)12-31-7-5-16-9-15(1-4-21(16)31)10-22-23(33)32(24(34)36-22)13-19-14-35-8-6-30-19/h1-5,7,9-11,19,30H,6,8,12-14H2. The number of hydrogen-bond donors (Lipinski definition) is 1. The number of thioether (sulfide) groups is 1. The van der Waals surface area contributed by atoms with Crippen molar-refractivity contribution < 1.29 is 27.5 Å². The van der Waals surface area contributed by atoms with Gasteiger partial charge in [0.15, 0.2) is 0 Å². The Morgan fingerprint density at radius 1 is 1.17 bits per heavy atom. The maximum atomic E-state index is 13.5. The highest BCUT2D eigenvalue weighted by molar-refractivity contribution is 8.18. The fourth-order valence-corrected chi connectivity index (χ4v) is 5.37. The molecule has 2 saturated heterocycles. The molecule has 2 aromatic carbocycles. The average molecular weight is 536 g/mol. The van der Waals surface area contributed by atoms with Crippen molar-refractivity contribution in [2.24, 2.45) is 0 Å². The van der Waals surface area contributed by atoms with E-state index >= 15 is 0 Å². The van der Waals surface area contributed by atoms with E-state index in [0.717, 1.165) is 28.7 Å². The van der Waals surface area contributed by atoms with Gasteiger partial charge in [-0.3, -0.25) is 14.5 Å². The summed E-state index contributed by atoms with van der Waals surface area (Å²) < 4.78 is 47.6. The van der Waals surface area contributed by atoms with Crippen molar-refractivity contribution in [1.82, 2.24) is 14.8 Å². The number of nitrogens with one attached hydrogen (secondary N) is 1. The lowest BCUT2D eigenvalue weighted by Crippen LogP contribution is -2.49. The first-order chi connectivity index (χ1) is 17.2. The van der Waals surface area contributed by atoms with Gasteiger partial charge in [-0.15, -0.1) is 0 Å². The van der Waals surface area contributed by atoms with E-state index in [1.165, 1.54) is 17.0 Å². The molecule has 0 aliphatic carbocycles. The number of carbonyl (C=O) groups excluding carboxylic acids is 2. The summed E-state index contributed by atoms with van der Waals surface area (Å²) in [6.45, 7) is 1.98. The maximum absolute atomic E-state index is 13.5. The molecule has 2 amide bonds. The second-order valence-corrected chi connectivity index (χ2v) is 10.0. The highest BCUT2D eigenvalue weighted by Gasteiger charge is 2.37. The average Bonchev–Trinajstić information content (AvgIpc) is 3.35. The maximum Gasteiger partial charge on any atom is 0.416 e. The molecule has 2 aliphatic rings. The van der Waals surface area contributed by atoms with Crippen LogP contribution in [0.2, 0.25) is 5.02 Å². The molecule has 1 aromatic heterocycles. The molecule has 3 heterocycles. The zero-order chi connectivity index (χ0) is 25.4. The van der Waals surface area contributed by atoms with Crippen molar-refractivity contribution in [2.45, 2.75) is 18.8 Å². The lowest BCUT2D eigenvalue weighted by molar-refractivity contribution is -0.138. The van der Waals surface area contributed by atoms with Crippen molar-refractivity contribution in [1.29, 1.82) is 0 Å². The Labute approximate surface area is 214 Å². The number of ether oxygens (including phenoxy) is 1. The second-order valence-electron chi connectivity index (χ2n) is 8.58. The number of fused-ring (bicyclic) bond motifs is 1. The van der Waals surface area contributed by atoms with E-state index in [-0.39, 0.29) is 40.9 Å². The third-order valence-corrected chi connectivity index (χ3v) is 7.23. The van der Waals surface area contributed by atoms with E-state index in [1.807, 2.05) is 6.07 Å². The molecule has 1 unspecified atom stereocenters. The van der Waals surface area contributed by atoms with Gasteiger partial charge in [0.25, 0.3) is 11.1 Å². The molecule has 2 fully saturated rings. The highest BCUT2D eigenvalue weighted by Crippen LogP contribution is 2.35. The first-order valence-corrected chi connectivity index (χ1v) is 12.4. The van der Waals surface area contributed by atoms with E-state index in [4.69, 9.17) is 16.3 Å². The molecule has 0 radical (unpaired) electrons. The van der Waals surface area contributed by atoms with Gasteiger partial charge in [0.2, 0.25) is 0 Å². The minimum atomic E-state index is -4.51. The summed E-state index contributed by atoms with van der Waals surface area (Å²) in [5, 5.41) is 3.74. The molecule has 188 valence electrons. The SMILES string of the molecule is O=C1SC(=Cc2ccc3c(ccn3Cc3ccc(Cl)cc3C(F)(F)F)c2)C(=O)N1CC1COCCN1. The minimum absolute atomic E-state index is 0.0205. The number of aromatic nitrogens is 1. The van der Waals surface area contributed by atoms with Gasteiger partial charge in [-0.05, 0) is 59.3 Å². The number of imide groups is 1. The zero-order valence-electron chi connectivity index (χ0n) is 18.8. The van der Waals surface area contributed by atoms with Gasteiger partial charge in [-0.25, -0.2) is 0 Å². The van der Waals surface area contributed by atoms with Crippen LogP contribution in [0.1, 0.15) is 16.7 Å². The van der Waals surface area contributed by atoms with E-state index in [2.05, 4.69) is 5.32 Å². The topological polar surface area (TPSA) is 63.6 Å². The van der Waals surface area contributed by atoms with Gasteiger partial charge in [0.05, 0.1) is 23.7 Å². The van der Waals surface area contributed by atoms with E-state index in [0.29, 0.717) is 30.2 Å². The normalized spacial score (nSPS) is 20.2. The van der Waals surface area contributed by atoms with E-state index in [1.54, 1.807) is 35.0 Å². The third kappa shape index (κ3) is 5.17. The Morgan fingerprint density at radius 3 is 2.75 bits per heavy atom. The van der Waals surface area contributed by atoms with Crippen molar-refractivity contribution in [2.75, 3.05) is 26.3 Å². The number of halogens is 4. The molecule has 5 rings (SSSR count). The molecule has 0 bridgehead atoms. The van der Waals surface area contributed by atoms with Crippen molar-refractivity contribution >= 4 is 51.5 Å². The van der Waals surface area contributed by atoms with Crippen molar-refractivity contribution in [3.63, 3.8) is 0 Å². The lowest BCUT2D eigenvalue weighted by Gasteiger charge is -2.26. The zero-order valence-corrected chi connectivity index (χ0v) is 20.4. The van der Waals surface area contributed by atoms with Crippen LogP contribution in [0.4, 0.5) is 18.0 Å². The second kappa shape index (κ2) is 9.93. The molecule has 36 heavy (non-hydrogen) atoms. The number of nitrogens with zero attached hydrogens (tertiary/aromatic N) is 2. The summed E-state index contributed by atoms with van der Waals surface area (Å²) in [6.07, 6.45) is -1.14. The smallest absolute Gasteiger partial charge is 0.378 e. The van der Waals surface area contributed by atoms with Crippen LogP contribution >= 0.6 is 23.4 Å². The number of morpholine rings is 1. The highest BCUT2D eigenvalue weighted by atomic mass is 35.5. The molecule has 6 nitrogen and oxygen atoms in total. The fraction of sp³-hybridized carbons (Fsp3) is 0.280. The minimum Gasteiger partial charge on any atom is -0.378 e. The Morgan fingerprint density at radius 2 is 2.00 bits per heavy atom. The van der Waals surface area contributed by atoms with Crippen LogP contribution in [-0.2, 0) is 22.3 Å². The predicted molar refractivity (Wildman–Crippen MR) is 133 cm³/mol. The Bertz CT molecular complexity index is 1370. The Hall–Kier alpha value is -2.79. The summed E-state index contributed by atoms with van der Waals surface area (Å²) in [4.78, 5) is 26.8. The molecule has 3 aromatic rings. The molecule has 1 atom stereocenters. The van der Waals surface area contributed by atoms with Crippen molar-refractivity contribution in [3.8, 4) is 0 Å². The van der Waals surface area contributed by atoms with E-state index in [9.17, 15) is 22.8 Å². The van der Waals surface area contributed by atoms with Crippen LogP contribution in [0.25, 0.3) is 17.0 Å². The van der Waals surface area contributed by atoms with Gasteiger partial charge < -0.3 is 14.6 Å². The molecule has 0 saturated carbocycles. The fourth-order valence-electron chi connectivity index (χ4n) is 4.35. The molecule has 1 N–H and O–H groups in total. The first kappa shape index (κ1) is 24.9. The number of amides is 2. The monoisotopic (exact) mass is 535 g/mol. The Kier molecular flexibility index (Phi) is 6.86. The number of alkyl halides is 3. The third-order valence-electron chi connectivity index (χ3n) is 6.09. The van der Waals surface area contributed by atoms with Crippen LogP contribution in [0, 0.1) is 0 Å². The summed E-state index contributed by atoms with van der Waals surface area (Å²) in [5.41, 5.74) is 0.804. The molecular formula is C25H21ClF3N3O3S. The molecular weight excluding hydrogens is 515 g/mol. The van der Waals surface area contributed by atoms with Crippen LogP contribution in [-0.4, -0.2) is 53.0 Å². The van der Waals surface area contributed by atoms with Crippen LogP contribution < -0.4 is 5.32 Å². The van der Waals surface area contributed by atoms with Crippen LogP contribution in [0.5, 0.6) is 0 Å². The molecule has 11 heteroatoms. The van der Waals surface area contributed by atoms with E-state index < -0.39 is 11.7 Å². The van der Waals surface area contributed by atoms with Gasteiger partial charge in [-0.2, -0.15) is 13.2 Å². The largest absolute Gasteiger partial charge is 0.416 e. The number of benzene rings is 2. The summed E-state index contributed by atoms with van der Waals surface area (Å²) >= 11 is 6.68. The predicted octanol–water partition coefficient (Wildman–Crippen LogP) is 5.39. The van der Waals surface area contributed by atoms with Gasteiger partial charge in [0.1, 0.15) is 0 Å². The summed E-state index contributed by atoms with van der Waals surface area (Å²) in [7, 11) is 0. The van der Waals surface area contributed by atoms with Gasteiger partial charge >= 0.3 is 6.18 Å². The van der Waals surface area contributed by atoms with Crippen LogP contribution in [0.3, 0.4) is 0 Å². The lowest BCUT2D eigenvalue weighted by atomic mass is 10.1. The number of carbonyl (C=O) groups is 2. The quantitative estimate of drug-likeness (QED) is 0.444. The van der Waals surface area contributed by atoms with Crippen molar-refractivity contribution in [3.05, 3.63) is 75.3 Å².